The lowest BCUT2D eigenvalue weighted by Gasteiger charge is -2.16. The number of rotatable bonds is 9. The Bertz CT molecular complexity index is 279. The largest absolute Gasteiger partial charge is 0.480 e. The van der Waals surface area contributed by atoms with Gasteiger partial charge in [-0.25, -0.2) is 9.36 Å². The SMILES string of the molecule is CSCC[C@@H](N)C(=O)NC(COP=O)C(=O)O. The van der Waals surface area contributed by atoms with Crippen molar-refractivity contribution in [3.8, 4) is 0 Å². The smallest absolute Gasteiger partial charge is 0.328 e. The molecule has 0 aliphatic rings. The molecule has 0 bridgehead atoms. The van der Waals surface area contributed by atoms with E-state index in [4.69, 9.17) is 10.8 Å². The summed E-state index contributed by atoms with van der Waals surface area (Å²) in [5.74, 6) is -1.11. The number of aliphatic carboxylic acids is 1. The lowest BCUT2D eigenvalue weighted by atomic mass is 10.2. The minimum Gasteiger partial charge on any atom is -0.480 e. The molecule has 0 heterocycles. The van der Waals surface area contributed by atoms with Crippen molar-refractivity contribution in [1.82, 2.24) is 5.32 Å². The standard InChI is InChI=1S/C8H15N2O5PS/c1-17-3-2-5(9)7(11)10-6(8(12)13)4-15-16-14/h5-6H,2-4,9H2,1H3,(H,10,11)(H,12,13)/t5-,6?/m1/s1. The first-order valence-electron chi connectivity index (χ1n) is 4.75. The van der Waals surface area contributed by atoms with Crippen LogP contribution in [-0.2, 0) is 18.7 Å². The number of nitrogens with two attached hydrogens (primary N) is 1. The van der Waals surface area contributed by atoms with E-state index in [0.717, 1.165) is 0 Å². The van der Waals surface area contributed by atoms with Gasteiger partial charge in [-0.3, -0.25) is 9.32 Å². The first-order chi connectivity index (χ1) is 8.02. The molecule has 0 spiro atoms. The lowest BCUT2D eigenvalue weighted by Crippen LogP contribution is -2.50. The van der Waals surface area contributed by atoms with Gasteiger partial charge in [-0.2, -0.15) is 11.8 Å². The van der Waals surface area contributed by atoms with Gasteiger partial charge in [-0.1, -0.05) is 0 Å². The molecular weight excluding hydrogens is 267 g/mol. The van der Waals surface area contributed by atoms with E-state index in [-0.39, 0.29) is 6.61 Å². The molecule has 0 fully saturated rings. The van der Waals surface area contributed by atoms with Crippen LogP contribution in [0.4, 0.5) is 0 Å². The molecule has 0 aliphatic heterocycles. The minimum absolute atomic E-state index is 0.374. The van der Waals surface area contributed by atoms with Crippen LogP contribution < -0.4 is 11.1 Å². The van der Waals surface area contributed by atoms with E-state index in [1.165, 1.54) is 0 Å². The van der Waals surface area contributed by atoms with Gasteiger partial charge in [0.1, 0.15) is 0 Å². The van der Waals surface area contributed by atoms with Crippen molar-refractivity contribution in [2.24, 2.45) is 5.73 Å². The van der Waals surface area contributed by atoms with Crippen molar-refractivity contribution >= 4 is 32.3 Å². The summed E-state index contributed by atoms with van der Waals surface area (Å²) in [4.78, 5) is 22.2. The zero-order valence-corrected chi connectivity index (χ0v) is 11.0. The fraction of sp³-hybridized carbons (Fsp3) is 0.750. The van der Waals surface area contributed by atoms with E-state index >= 15 is 0 Å². The Morgan fingerprint density at radius 2 is 2.24 bits per heavy atom. The number of carboxylic acid groups (broad SMARTS) is 1. The van der Waals surface area contributed by atoms with E-state index in [9.17, 15) is 14.2 Å². The molecule has 0 rings (SSSR count). The number of thioether (sulfide) groups is 1. The number of carbonyl (C=O) groups excluding carboxylic acids is 1. The molecule has 7 nitrogen and oxygen atoms in total. The van der Waals surface area contributed by atoms with E-state index in [2.05, 4.69) is 9.84 Å². The molecule has 1 amide bonds. The van der Waals surface area contributed by atoms with Gasteiger partial charge in [0.05, 0.1) is 12.6 Å². The summed E-state index contributed by atoms with van der Waals surface area (Å²) in [6, 6.07) is -2.00. The van der Waals surface area contributed by atoms with E-state index in [1.807, 2.05) is 6.26 Å². The second-order valence-electron chi connectivity index (χ2n) is 3.16. The summed E-state index contributed by atoms with van der Waals surface area (Å²) in [5, 5.41) is 11.0. The highest BCUT2D eigenvalue weighted by Crippen LogP contribution is 2.01. The quantitative estimate of drug-likeness (QED) is 0.503. The molecule has 0 aromatic rings. The van der Waals surface area contributed by atoms with Crippen LogP contribution in [0.1, 0.15) is 6.42 Å². The van der Waals surface area contributed by atoms with Crippen molar-refractivity contribution in [3.63, 3.8) is 0 Å². The highest BCUT2D eigenvalue weighted by Gasteiger charge is 2.23. The number of amides is 1. The fourth-order valence-electron chi connectivity index (χ4n) is 0.934. The molecule has 9 heteroatoms. The maximum Gasteiger partial charge on any atom is 0.328 e. The number of hydrogen-bond acceptors (Lipinski definition) is 6. The van der Waals surface area contributed by atoms with Crippen LogP contribution in [0.2, 0.25) is 0 Å². The lowest BCUT2D eigenvalue weighted by molar-refractivity contribution is -0.142. The average molecular weight is 282 g/mol. The van der Waals surface area contributed by atoms with Crippen LogP contribution in [0, 0.1) is 0 Å². The molecule has 0 saturated heterocycles. The average Bonchev–Trinajstić information content (AvgIpc) is 2.30. The Kier molecular flexibility index (Phi) is 8.97. The van der Waals surface area contributed by atoms with E-state index in [0.29, 0.717) is 12.2 Å². The Hall–Kier alpha value is -0.690. The Morgan fingerprint density at radius 1 is 1.59 bits per heavy atom. The van der Waals surface area contributed by atoms with Gasteiger partial charge in [0.15, 0.2) is 6.04 Å². The molecule has 98 valence electrons. The summed E-state index contributed by atoms with van der Waals surface area (Å²) in [5.41, 5.74) is 5.56. The number of hydrogen-bond donors (Lipinski definition) is 3. The zero-order chi connectivity index (χ0) is 13.3. The third-order valence-electron chi connectivity index (χ3n) is 1.88. The van der Waals surface area contributed by atoms with Gasteiger partial charge < -0.3 is 16.2 Å². The maximum absolute atomic E-state index is 11.5. The Balaban J connectivity index is 4.19. The number of nitrogens with one attached hydrogen (secondary N) is 1. The second-order valence-corrected chi connectivity index (χ2v) is 4.55. The summed E-state index contributed by atoms with van der Waals surface area (Å²) < 4.78 is 14.4. The van der Waals surface area contributed by atoms with Crippen LogP contribution in [-0.4, -0.2) is 47.7 Å². The van der Waals surface area contributed by atoms with Crippen LogP contribution >= 0.6 is 20.4 Å². The summed E-state index contributed by atoms with van der Waals surface area (Å²) in [6.45, 7) is -0.374. The molecule has 0 radical (unpaired) electrons. The van der Waals surface area contributed by atoms with Gasteiger partial charge in [-0.05, 0) is 18.4 Å². The highest BCUT2D eigenvalue weighted by atomic mass is 32.2. The van der Waals surface area contributed by atoms with Crippen molar-refractivity contribution in [2.75, 3.05) is 18.6 Å². The van der Waals surface area contributed by atoms with Crippen LogP contribution in [0.25, 0.3) is 0 Å². The molecule has 17 heavy (non-hydrogen) atoms. The third kappa shape index (κ3) is 7.27. The molecule has 4 N–H and O–H groups in total. The second kappa shape index (κ2) is 9.35. The van der Waals surface area contributed by atoms with Gasteiger partial charge in [0.25, 0.3) is 0 Å². The predicted octanol–water partition coefficient (Wildman–Crippen LogP) is -0.140. The summed E-state index contributed by atoms with van der Waals surface area (Å²) in [7, 11) is -0.634. The van der Waals surface area contributed by atoms with Gasteiger partial charge >= 0.3 is 14.7 Å². The van der Waals surface area contributed by atoms with Gasteiger partial charge in [-0.15, -0.1) is 0 Å². The highest BCUT2D eigenvalue weighted by molar-refractivity contribution is 7.98. The molecule has 1 unspecified atom stereocenters. The van der Waals surface area contributed by atoms with Crippen molar-refractivity contribution in [3.05, 3.63) is 0 Å². The molecule has 2 atom stereocenters. The predicted molar refractivity (Wildman–Crippen MR) is 64.1 cm³/mol. The fourth-order valence-corrected chi connectivity index (χ4v) is 1.63. The van der Waals surface area contributed by atoms with Gasteiger partial charge in [0.2, 0.25) is 5.91 Å². The molecule has 0 aromatic carbocycles. The first kappa shape index (κ1) is 16.3. The molecular formula is C8H15N2O5PS. The Labute approximate surface area is 105 Å². The van der Waals surface area contributed by atoms with Crippen molar-refractivity contribution in [2.45, 2.75) is 18.5 Å². The minimum atomic E-state index is -1.26. The molecule has 0 saturated carbocycles. The van der Waals surface area contributed by atoms with Crippen LogP contribution in [0.3, 0.4) is 0 Å². The van der Waals surface area contributed by atoms with Crippen molar-refractivity contribution < 1.29 is 23.8 Å². The normalized spacial score (nSPS) is 14.2. The monoisotopic (exact) mass is 282 g/mol. The third-order valence-corrected chi connectivity index (χ3v) is 2.78. The first-order valence-corrected chi connectivity index (χ1v) is 6.87. The number of carbonyl (C=O) groups is 2. The topological polar surface area (TPSA) is 119 Å². The molecule has 0 aliphatic carbocycles. The van der Waals surface area contributed by atoms with Gasteiger partial charge in [0, 0.05) is 0 Å². The van der Waals surface area contributed by atoms with Crippen LogP contribution in [0.5, 0.6) is 0 Å². The van der Waals surface area contributed by atoms with E-state index in [1.54, 1.807) is 11.8 Å². The summed E-state index contributed by atoms with van der Waals surface area (Å²) >= 11 is 1.54. The summed E-state index contributed by atoms with van der Waals surface area (Å²) in [6.07, 6.45) is 2.34. The van der Waals surface area contributed by atoms with E-state index < -0.39 is 32.6 Å². The molecule has 0 aromatic heterocycles. The Morgan fingerprint density at radius 3 is 2.71 bits per heavy atom. The number of carboxylic acids is 1. The van der Waals surface area contributed by atoms with Crippen LogP contribution in [0.15, 0.2) is 0 Å². The van der Waals surface area contributed by atoms with Crippen molar-refractivity contribution in [1.29, 1.82) is 0 Å². The zero-order valence-electron chi connectivity index (χ0n) is 9.29. The maximum atomic E-state index is 11.5.